The van der Waals surface area contributed by atoms with E-state index in [0.29, 0.717) is 16.9 Å². The van der Waals surface area contributed by atoms with Crippen molar-refractivity contribution in [1.29, 1.82) is 5.26 Å². The standard InChI is InChI=1S/C23H19NO3/c24-15-20-11-4-5-12-21(20)16-27-23(25)17-26-22-13-7-6-10-19(22)14-18-8-2-1-3-9-18/h1-13H,14,16-17H2. The van der Waals surface area contributed by atoms with Crippen LogP contribution in [0.1, 0.15) is 22.3 Å². The smallest absolute Gasteiger partial charge is 0.344 e. The van der Waals surface area contributed by atoms with Gasteiger partial charge in [0.25, 0.3) is 0 Å². The lowest BCUT2D eigenvalue weighted by Crippen LogP contribution is -2.15. The zero-order valence-corrected chi connectivity index (χ0v) is 14.8. The van der Waals surface area contributed by atoms with E-state index < -0.39 is 5.97 Å². The summed E-state index contributed by atoms with van der Waals surface area (Å²) < 4.78 is 10.9. The van der Waals surface area contributed by atoms with Gasteiger partial charge < -0.3 is 9.47 Å². The predicted octanol–water partition coefficient (Wildman–Crippen LogP) is 4.27. The summed E-state index contributed by atoms with van der Waals surface area (Å²) in [6.07, 6.45) is 0.724. The maximum Gasteiger partial charge on any atom is 0.344 e. The molecule has 0 unspecified atom stereocenters. The number of carbonyl (C=O) groups excluding carboxylic acids is 1. The molecule has 3 rings (SSSR count). The maximum atomic E-state index is 12.0. The van der Waals surface area contributed by atoms with Gasteiger partial charge >= 0.3 is 5.97 Å². The van der Waals surface area contributed by atoms with Crippen LogP contribution in [0.4, 0.5) is 0 Å². The number of esters is 1. The predicted molar refractivity (Wildman–Crippen MR) is 102 cm³/mol. The summed E-state index contributed by atoms with van der Waals surface area (Å²) in [4.78, 5) is 12.0. The van der Waals surface area contributed by atoms with E-state index in [1.165, 1.54) is 5.56 Å². The molecule has 0 bridgehead atoms. The Hall–Kier alpha value is -3.58. The zero-order valence-electron chi connectivity index (χ0n) is 14.8. The summed E-state index contributed by atoms with van der Waals surface area (Å²) in [6.45, 7) is -0.127. The third kappa shape index (κ3) is 5.20. The molecule has 4 heteroatoms. The van der Waals surface area contributed by atoms with Gasteiger partial charge in [-0.1, -0.05) is 66.7 Å². The summed E-state index contributed by atoms with van der Waals surface area (Å²) in [5.41, 5.74) is 3.35. The van der Waals surface area contributed by atoms with Crippen LogP contribution in [0.25, 0.3) is 0 Å². The Kier molecular flexibility index (Phi) is 6.21. The number of nitriles is 1. The highest BCUT2D eigenvalue weighted by atomic mass is 16.6. The lowest BCUT2D eigenvalue weighted by Gasteiger charge is -2.12. The lowest BCUT2D eigenvalue weighted by molar-refractivity contribution is -0.147. The molecule has 0 saturated carbocycles. The van der Waals surface area contributed by atoms with Gasteiger partial charge in [0.1, 0.15) is 12.4 Å². The monoisotopic (exact) mass is 357 g/mol. The van der Waals surface area contributed by atoms with Crippen molar-refractivity contribution in [3.63, 3.8) is 0 Å². The Bertz CT molecular complexity index is 945. The van der Waals surface area contributed by atoms with E-state index in [0.717, 1.165) is 12.0 Å². The molecule has 0 radical (unpaired) electrons. The molecule has 0 spiro atoms. The number of hydrogen-bond acceptors (Lipinski definition) is 4. The molecule has 0 saturated heterocycles. The molecule has 0 N–H and O–H groups in total. The third-order valence-corrected chi connectivity index (χ3v) is 4.08. The molecule has 0 atom stereocenters. The van der Waals surface area contributed by atoms with Crippen LogP contribution in [-0.4, -0.2) is 12.6 Å². The first kappa shape index (κ1) is 18.2. The van der Waals surface area contributed by atoms with Crippen molar-refractivity contribution in [2.24, 2.45) is 0 Å². The second kappa shape index (κ2) is 9.21. The Morgan fingerprint density at radius 1 is 0.852 bits per heavy atom. The van der Waals surface area contributed by atoms with E-state index >= 15 is 0 Å². The van der Waals surface area contributed by atoms with Gasteiger partial charge in [-0.3, -0.25) is 0 Å². The number of hydrogen-bond donors (Lipinski definition) is 0. The Morgan fingerprint density at radius 3 is 2.30 bits per heavy atom. The van der Waals surface area contributed by atoms with Gasteiger partial charge in [-0.25, -0.2) is 4.79 Å². The number of carbonyl (C=O) groups is 1. The van der Waals surface area contributed by atoms with Gasteiger partial charge in [0.2, 0.25) is 0 Å². The molecule has 3 aromatic carbocycles. The number of benzene rings is 3. The molecule has 0 aliphatic rings. The van der Waals surface area contributed by atoms with E-state index in [2.05, 4.69) is 18.2 Å². The number of nitrogens with zero attached hydrogens (tertiary/aromatic N) is 1. The molecule has 0 heterocycles. The van der Waals surface area contributed by atoms with Crippen molar-refractivity contribution >= 4 is 5.97 Å². The summed E-state index contributed by atoms with van der Waals surface area (Å²) in [6, 6.07) is 26.8. The fraction of sp³-hybridized carbons (Fsp3) is 0.130. The van der Waals surface area contributed by atoms with Gasteiger partial charge in [-0.2, -0.15) is 5.26 Å². The highest BCUT2D eigenvalue weighted by Gasteiger charge is 2.10. The van der Waals surface area contributed by atoms with Crippen molar-refractivity contribution < 1.29 is 14.3 Å². The number of ether oxygens (including phenoxy) is 2. The van der Waals surface area contributed by atoms with Gasteiger partial charge in [0.15, 0.2) is 6.61 Å². The highest BCUT2D eigenvalue weighted by molar-refractivity contribution is 5.71. The molecular weight excluding hydrogens is 338 g/mol. The first-order valence-corrected chi connectivity index (χ1v) is 8.64. The van der Waals surface area contributed by atoms with Crippen molar-refractivity contribution in [3.8, 4) is 11.8 Å². The van der Waals surface area contributed by atoms with Crippen LogP contribution in [0.3, 0.4) is 0 Å². The quantitative estimate of drug-likeness (QED) is 0.593. The SMILES string of the molecule is N#Cc1ccccc1COC(=O)COc1ccccc1Cc1ccccc1. The van der Waals surface area contributed by atoms with Gasteiger partial charge in [0, 0.05) is 12.0 Å². The molecule has 134 valence electrons. The van der Waals surface area contributed by atoms with E-state index in [-0.39, 0.29) is 13.2 Å². The topological polar surface area (TPSA) is 59.3 Å². The highest BCUT2D eigenvalue weighted by Crippen LogP contribution is 2.21. The van der Waals surface area contributed by atoms with Gasteiger partial charge in [0.05, 0.1) is 11.6 Å². The largest absolute Gasteiger partial charge is 0.482 e. The Balaban J connectivity index is 1.57. The molecule has 0 aliphatic heterocycles. The number of para-hydroxylation sites is 1. The van der Waals surface area contributed by atoms with Crippen LogP contribution in [0.2, 0.25) is 0 Å². The van der Waals surface area contributed by atoms with Crippen molar-refractivity contribution in [1.82, 2.24) is 0 Å². The van der Waals surface area contributed by atoms with E-state index in [9.17, 15) is 4.79 Å². The van der Waals surface area contributed by atoms with Crippen molar-refractivity contribution in [2.45, 2.75) is 13.0 Å². The number of rotatable bonds is 7. The summed E-state index contributed by atoms with van der Waals surface area (Å²) in [5.74, 6) is 0.188. The van der Waals surface area contributed by atoms with Crippen molar-refractivity contribution in [3.05, 3.63) is 101 Å². The van der Waals surface area contributed by atoms with Crippen LogP contribution in [0.5, 0.6) is 5.75 Å². The molecule has 0 aliphatic carbocycles. The molecule has 4 nitrogen and oxygen atoms in total. The maximum absolute atomic E-state index is 12.0. The molecule has 0 fully saturated rings. The summed E-state index contributed by atoms with van der Waals surface area (Å²) >= 11 is 0. The molecule has 0 aromatic heterocycles. The second-order valence-electron chi connectivity index (χ2n) is 5.99. The van der Waals surface area contributed by atoms with Gasteiger partial charge in [-0.05, 0) is 23.3 Å². The van der Waals surface area contributed by atoms with Crippen LogP contribution in [0.15, 0.2) is 78.9 Å². The van der Waals surface area contributed by atoms with E-state index in [1.807, 2.05) is 42.5 Å². The minimum absolute atomic E-state index is 0.0532. The first-order valence-electron chi connectivity index (χ1n) is 8.64. The molecular formula is C23H19NO3. The minimum atomic E-state index is -0.475. The average Bonchev–Trinajstić information content (AvgIpc) is 2.72. The lowest BCUT2D eigenvalue weighted by atomic mass is 10.0. The van der Waals surface area contributed by atoms with Crippen LogP contribution in [0, 0.1) is 11.3 Å². The fourth-order valence-corrected chi connectivity index (χ4v) is 2.70. The molecule has 27 heavy (non-hydrogen) atoms. The first-order chi connectivity index (χ1) is 13.3. The third-order valence-electron chi connectivity index (χ3n) is 4.08. The Morgan fingerprint density at radius 2 is 1.52 bits per heavy atom. The van der Waals surface area contributed by atoms with Crippen LogP contribution in [-0.2, 0) is 22.6 Å². The fourth-order valence-electron chi connectivity index (χ4n) is 2.70. The van der Waals surface area contributed by atoms with Gasteiger partial charge in [-0.15, -0.1) is 0 Å². The average molecular weight is 357 g/mol. The second-order valence-corrected chi connectivity index (χ2v) is 5.99. The normalized spacial score (nSPS) is 10.0. The molecule has 0 amide bonds. The summed E-state index contributed by atoms with van der Waals surface area (Å²) in [5, 5.41) is 9.07. The zero-order chi connectivity index (χ0) is 18.9. The van der Waals surface area contributed by atoms with Crippen molar-refractivity contribution in [2.75, 3.05) is 6.61 Å². The summed E-state index contributed by atoms with van der Waals surface area (Å²) in [7, 11) is 0. The van der Waals surface area contributed by atoms with Crippen LogP contribution >= 0.6 is 0 Å². The van der Waals surface area contributed by atoms with Crippen LogP contribution < -0.4 is 4.74 Å². The molecule has 3 aromatic rings. The van der Waals surface area contributed by atoms with E-state index in [4.69, 9.17) is 14.7 Å². The minimum Gasteiger partial charge on any atom is -0.482 e. The Labute approximate surface area is 158 Å². The van der Waals surface area contributed by atoms with E-state index in [1.54, 1.807) is 24.3 Å².